The number of hydrogen-bond acceptors (Lipinski definition) is 6. The fourth-order valence-electron chi connectivity index (χ4n) is 1.53. The van der Waals surface area contributed by atoms with E-state index >= 15 is 0 Å². The first-order valence-electron chi connectivity index (χ1n) is 5.56. The number of hydrogen-bond donors (Lipinski definition) is 1. The largest absolute Gasteiger partial charge is 1.00 e. The number of aromatic carboxylic acids is 1. The van der Waals surface area contributed by atoms with E-state index in [2.05, 4.69) is 15.3 Å². The Kier molecular flexibility index (Phi) is 5.56. The van der Waals surface area contributed by atoms with Gasteiger partial charge in [0, 0.05) is 17.4 Å². The molecule has 0 bridgehead atoms. The topological polar surface area (TPSA) is 87.2 Å². The van der Waals surface area contributed by atoms with Crippen LogP contribution in [0.3, 0.4) is 0 Å². The van der Waals surface area contributed by atoms with Crippen molar-refractivity contribution in [3.8, 4) is 5.75 Å². The zero-order valence-corrected chi connectivity index (χ0v) is 11.5. The van der Waals surface area contributed by atoms with Crippen LogP contribution in [0.4, 0.5) is 11.6 Å². The zero-order valence-electron chi connectivity index (χ0n) is 11.5. The van der Waals surface area contributed by atoms with Crippen LogP contribution in [0, 0.1) is 6.92 Å². The van der Waals surface area contributed by atoms with Crippen molar-refractivity contribution < 1.29 is 33.5 Å². The van der Waals surface area contributed by atoms with E-state index in [1.165, 1.54) is 6.20 Å². The first kappa shape index (κ1) is 16.0. The van der Waals surface area contributed by atoms with Gasteiger partial charge in [-0.05, 0) is 31.2 Å². The van der Waals surface area contributed by atoms with Gasteiger partial charge in [-0.15, -0.1) is 0 Å². The van der Waals surface area contributed by atoms with E-state index in [-0.39, 0.29) is 24.4 Å². The van der Waals surface area contributed by atoms with Crippen molar-refractivity contribution in [2.75, 3.05) is 12.4 Å². The number of carbonyl (C=O) groups excluding carboxylic acids is 1. The van der Waals surface area contributed by atoms with Crippen molar-refractivity contribution in [3.63, 3.8) is 0 Å². The third-order valence-corrected chi connectivity index (χ3v) is 2.55. The Hall–Kier alpha value is -2.03. The Bertz CT molecular complexity index is 602. The van der Waals surface area contributed by atoms with Crippen LogP contribution in [-0.2, 0) is 0 Å². The molecule has 0 spiro atoms. The molecule has 0 radical (unpaired) electrons. The maximum absolute atomic E-state index is 10.7. The van der Waals surface area contributed by atoms with E-state index in [9.17, 15) is 9.90 Å². The minimum atomic E-state index is -1.28. The minimum absolute atomic E-state index is 0. The summed E-state index contributed by atoms with van der Waals surface area (Å²) in [5.74, 6) is -0.212. The molecule has 0 fully saturated rings. The summed E-state index contributed by atoms with van der Waals surface area (Å²) in [4.78, 5) is 18.7. The molecule has 2 aromatic rings. The molecule has 0 aliphatic carbocycles. The maximum Gasteiger partial charge on any atom is 1.00 e. The fraction of sp³-hybridized carbons (Fsp3) is 0.154. The van der Waals surface area contributed by atoms with Crippen molar-refractivity contribution in [1.29, 1.82) is 0 Å². The Morgan fingerprint density at radius 1 is 1.30 bits per heavy atom. The van der Waals surface area contributed by atoms with Gasteiger partial charge in [-0.2, -0.15) is 0 Å². The van der Waals surface area contributed by atoms with Gasteiger partial charge in [0.1, 0.15) is 5.75 Å². The van der Waals surface area contributed by atoms with Gasteiger partial charge < -0.3 is 20.0 Å². The van der Waals surface area contributed by atoms with E-state index in [0.29, 0.717) is 11.6 Å². The third kappa shape index (κ3) is 3.73. The molecule has 1 aromatic heterocycles. The number of carboxylic acids is 1. The van der Waals surface area contributed by atoms with Gasteiger partial charge in [-0.1, -0.05) is 0 Å². The number of aryl methyl sites for hydroxylation is 1. The Morgan fingerprint density at radius 2 is 1.95 bits per heavy atom. The number of nitrogens with zero attached hydrogens (tertiary/aromatic N) is 2. The van der Waals surface area contributed by atoms with E-state index in [1.54, 1.807) is 26.2 Å². The van der Waals surface area contributed by atoms with Crippen LogP contribution in [-0.4, -0.2) is 23.0 Å². The summed E-state index contributed by atoms with van der Waals surface area (Å²) >= 11 is 0. The number of ether oxygens (including phenoxy) is 1. The summed E-state index contributed by atoms with van der Waals surface area (Å²) < 4.78 is 5.05. The molecular formula is C13H12LiN3O3. The predicted octanol–water partition coefficient (Wildman–Crippen LogP) is -2.10. The summed E-state index contributed by atoms with van der Waals surface area (Å²) in [5, 5.41) is 13.7. The molecule has 0 atom stereocenters. The molecule has 6 nitrogen and oxygen atoms in total. The van der Waals surface area contributed by atoms with Gasteiger partial charge in [-0.25, -0.2) is 9.97 Å². The van der Waals surface area contributed by atoms with Gasteiger partial charge in [0.05, 0.1) is 18.8 Å². The molecule has 98 valence electrons. The van der Waals surface area contributed by atoms with Gasteiger partial charge in [-0.3, -0.25) is 0 Å². The van der Waals surface area contributed by atoms with Crippen molar-refractivity contribution in [2.45, 2.75) is 6.92 Å². The van der Waals surface area contributed by atoms with E-state index in [4.69, 9.17) is 4.74 Å². The molecule has 7 heteroatoms. The van der Waals surface area contributed by atoms with Crippen LogP contribution in [0.5, 0.6) is 5.75 Å². The first-order chi connectivity index (χ1) is 9.10. The first-order valence-corrected chi connectivity index (χ1v) is 5.56. The van der Waals surface area contributed by atoms with Crippen LogP contribution < -0.4 is 34.0 Å². The normalized spacial score (nSPS) is 9.50. The number of benzene rings is 1. The SMILES string of the molecule is COc1ccc(Nc2ncc(C(=O)[O-])c(C)n2)cc1.[Li+]. The third-order valence-electron chi connectivity index (χ3n) is 2.55. The monoisotopic (exact) mass is 265 g/mol. The maximum atomic E-state index is 10.7. The summed E-state index contributed by atoms with van der Waals surface area (Å²) in [6.45, 7) is 1.59. The molecule has 0 saturated heterocycles. The Balaban J connectivity index is 0.00000200. The summed E-state index contributed by atoms with van der Waals surface area (Å²) in [7, 11) is 1.59. The number of carbonyl (C=O) groups is 1. The number of rotatable bonds is 4. The molecule has 1 aromatic carbocycles. The number of carboxylic acid groups (broad SMARTS) is 1. The van der Waals surface area contributed by atoms with Crippen molar-refractivity contribution >= 4 is 17.6 Å². The molecule has 2 rings (SSSR count). The van der Waals surface area contributed by atoms with E-state index < -0.39 is 5.97 Å². The standard InChI is InChI=1S/C13H13N3O3.Li/c1-8-11(12(17)18)7-14-13(15-8)16-9-3-5-10(19-2)6-4-9;/h3-7H,1-2H3,(H,17,18)(H,14,15,16);/q;+1/p-1. The Labute approximate surface area is 128 Å². The van der Waals surface area contributed by atoms with Gasteiger partial charge in [0.2, 0.25) is 5.95 Å². The van der Waals surface area contributed by atoms with Gasteiger partial charge in [0.15, 0.2) is 0 Å². The average molecular weight is 265 g/mol. The molecule has 20 heavy (non-hydrogen) atoms. The quantitative estimate of drug-likeness (QED) is 0.637. The van der Waals surface area contributed by atoms with Crippen LogP contribution in [0.2, 0.25) is 0 Å². The molecule has 1 N–H and O–H groups in total. The summed E-state index contributed by atoms with van der Waals surface area (Å²) in [6, 6.07) is 7.21. The fourth-order valence-corrected chi connectivity index (χ4v) is 1.53. The van der Waals surface area contributed by atoms with E-state index in [1.807, 2.05) is 12.1 Å². The molecule has 0 aliphatic heterocycles. The zero-order chi connectivity index (χ0) is 13.8. The second-order valence-corrected chi connectivity index (χ2v) is 3.83. The summed E-state index contributed by atoms with van der Waals surface area (Å²) in [5.41, 5.74) is 1.12. The predicted molar refractivity (Wildman–Crippen MR) is 67.4 cm³/mol. The van der Waals surface area contributed by atoms with Gasteiger partial charge >= 0.3 is 18.9 Å². The van der Waals surface area contributed by atoms with Crippen molar-refractivity contribution in [1.82, 2.24) is 9.97 Å². The number of nitrogens with one attached hydrogen (secondary N) is 1. The number of methoxy groups -OCH3 is 1. The van der Waals surface area contributed by atoms with E-state index in [0.717, 1.165) is 11.4 Å². The molecule has 0 saturated carbocycles. The minimum Gasteiger partial charge on any atom is -0.545 e. The molecule has 1 heterocycles. The second-order valence-electron chi connectivity index (χ2n) is 3.83. The van der Waals surface area contributed by atoms with Crippen molar-refractivity contribution in [2.24, 2.45) is 0 Å². The summed E-state index contributed by atoms with van der Waals surface area (Å²) in [6.07, 6.45) is 1.23. The molecule has 0 unspecified atom stereocenters. The van der Waals surface area contributed by atoms with Crippen LogP contribution >= 0.6 is 0 Å². The molecule has 0 aliphatic rings. The van der Waals surface area contributed by atoms with Gasteiger partial charge in [0.25, 0.3) is 0 Å². The smallest absolute Gasteiger partial charge is 0.545 e. The molecular weight excluding hydrogens is 253 g/mol. The van der Waals surface area contributed by atoms with Crippen LogP contribution in [0.1, 0.15) is 16.1 Å². The average Bonchev–Trinajstić information content (AvgIpc) is 2.39. The number of aromatic nitrogens is 2. The number of anilines is 2. The Morgan fingerprint density at radius 3 is 2.45 bits per heavy atom. The van der Waals surface area contributed by atoms with Crippen LogP contribution in [0.25, 0.3) is 0 Å². The second kappa shape index (κ2) is 6.94. The van der Waals surface area contributed by atoms with Crippen LogP contribution in [0.15, 0.2) is 30.5 Å². The molecule has 0 amide bonds. The van der Waals surface area contributed by atoms with Crippen molar-refractivity contribution in [3.05, 3.63) is 41.7 Å².